The van der Waals surface area contributed by atoms with Crippen LogP contribution < -0.4 is 0 Å². The van der Waals surface area contributed by atoms with Crippen LogP contribution >= 0.6 is 0 Å². The number of carbonyl (C=O) groups excluding carboxylic acids is 1. The van der Waals surface area contributed by atoms with Gasteiger partial charge in [0.25, 0.3) is 0 Å². The van der Waals surface area contributed by atoms with Crippen molar-refractivity contribution >= 4 is 14.0 Å². The molecule has 0 spiro atoms. The second-order valence-corrected chi connectivity index (χ2v) is 9.66. The lowest BCUT2D eigenvalue weighted by Crippen LogP contribution is -2.45. The summed E-state index contributed by atoms with van der Waals surface area (Å²) >= 11 is 0. The fourth-order valence-electron chi connectivity index (χ4n) is 0.858. The van der Waals surface area contributed by atoms with Crippen molar-refractivity contribution < 1.29 is 18.3 Å². The molecule has 5 heteroatoms. The van der Waals surface area contributed by atoms with Crippen LogP contribution in [0.15, 0.2) is 12.7 Å². The molecule has 0 heterocycles. The topological polar surface area (TPSA) is 26.3 Å². The summed E-state index contributed by atoms with van der Waals surface area (Å²) in [5.41, 5.74) is -2.72. The molecule has 0 amide bonds. The predicted molar refractivity (Wildman–Crippen MR) is 58.7 cm³/mol. The van der Waals surface area contributed by atoms with Crippen molar-refractivity contribution in [2.75, 3.05) is 6.61 Å². The van der Waals surface area contributed by atoms with E-state index in [2.05, 4.69) is 11.3 Å². The first-order valence-corrected chi connectivity index (χ1v) is 8.35. The van der Waals surface area contributed by atoms with Crippen LogP contribution in [0.3, 0.4) is 0 Å². The summed E-state index contributed by atoms with van der Waals surface area (Å²) < 4.78 is 31.5. The molecule has 0 aliphatic heterocycles. The van der Waals surface area contributed by atoms with E-state index in [4.69, 9.17) is 0 Å². The van der Waals surface area contributed by atoms with Crippen LogP contribution in [-0.2, 0) is 9.53 Å². The minimum absolute atomic E-state index is 0.0807. The average molecular weight is 236 g/mol. The van der Waals surface area contributed by atoms with Crippen LogP contribution in [0.5, 0.6) is 0 Å². The van der Waals surface area contributed by atoms with E-state index < -0.39 is 26.0 Å². The molecule has 0 saturated heterocycles. The molecule has 0 rings (SSSR count). The van der Waals surface area contributed by atoms with E-state index in [1.807, 2.05) is 0 Å². The Morgan fingerprint density at radius 2 is 2.00 bits per heavy atom. The Labute approximate surface area is 90.3 Å². The van der Waals surface area contributed by atoms with Crippen molar-refractivity contribution in [1.29, 1.82) is 0 Å². The summed E-state index contributed by atoms with van der Waals surface area (Å²) in [7, 11) is -2.54. The van der Waals surface area contributed by atoms with Crippen LogP contribution in [0.1, 0.15) is 12.8 Å². The van der Waals surface area contributed by atoms with Gasteiger partial charge in [0.2, 0.25) is 5.55 Å². The molecule has 88 valence electrons. The minimum Gasteiger partial charge on any atom is -0.461 e. The van der Waals surface area contributed by atoms with E-state index >= 15 is 0 Å². The largest absolute Gasteiger partial charge is 0.461 e. The van der Waals surface area contributed by atoms with E-state index in [1.54, 1.807) is 19.6 Å². The summed E-state index contributed by atoms with van der Waals surface area (Å²) in [5, 5.41) is 0. The first-order chi connectivity index (χ1) is 6.70. The summed E-state index contributed by atoms with van der Waals surface area (Å²) in [6, 6.07) is 0. The fraction of sp³-hybridized carbons (Fsp3) is 0.700. The molecule has 0 aromatic carbocycles. The van der Waals surface area contributed by atoms with Gasteiger partial charge in [0.1, 0.15) is 14.7 Å². The summed E-state index contributed by atoms with van der Waals surface area (Å²) in [6.07, 6.45) is 0.762. The zero-order valence-corrected chi connectivity index (χ0v) is 10.5. The minimum atomic E-state index is -2.72. The summed E-state index contributed by atoms with van der Waals surface area (Å²) in [6.45, 7) is 8.20. The molecule has 2 nitrogen and oxygen atoms in total. The van der Waals surface area contributed by atoms with Gasteiger partial charge in [-0.1, -0.05) is 32.3 Å². The number of esters is 1. The SMILES string of the molecule is C=CCOC(=O)CCC(F)(F)[Si](C)(C)C. The molecule has 15 heavy (non-hydrogen) atoms. The highest BCUT2D eigenvalue weighted by Gasteiger charge is 2.44. The van der Waals surface area contributed by atoms with Crippen LogP contribution in [0.2, 0.25) is 19.6 Å². The van der Waals surface area contributed by atoms with Crippen molar-refractivity contribution in [3.8, 4) is 0 Å². The molecule has 0 fully saturated rings. The molecule has 0 aromatic rings. The molecular weight excluding hydrogens is 218 g/mol. The van der Waals surface area contributed by atoms with E-state index in [0.717, 1.165) is 0 Å². The van der Waals surface area contributed by atoms with Gasteiger partial charge >= 0.3 is 5.97 Å². The van der Waals surface area contributed by atoms with Gasteiger partial charge in [-0.3, -0.25) is 4.79 Å². The molecule has 0 N–H and O–H groups in total. The normalized spacial score (nSPS) is 12.3. The molecule has 0 unspecified atom stereocenters. The highest BCUT2D eigenvalue weighted by atomic mass is 28.3. The number of alkyl halides is 2. The molecule has 0 bridgehead atoms. The Morgan fingerprint density at radius 1 is 1.47 bits per heavy atom. The third-order valence-corrected chi connectivity index (χ3v) is 4.55. The smallest absolute Gasteiger partial charge is 0.306 e. The Kier molecular flexibility index (Phi) is 5.14. The third-order valence-electron chi connectivity index (χ3n) is 2.10. The number of hydrogen-bond acceptors (Lipinski definition) is 2. The standard InChI is InChI=1S/C10H18F2O2Si/c1-5-8-14-9(13)6-7-10(11,12)15(2,3)4/h5H,1,6-8H2,2-4H3. The zero-order valence-electron chi connectivity index (χ0n) is 9.48. The number of ether oxygens (including phenoxy) is 1. The van der Waals surface area contributed by atoms with Gasteiger partial charge in [0, 0.05) is 6.42 Å². The molecular formula is C10H18F2O2Si. The summed E-state index contributed by atoms with van der Waals surface area (Å²) in [5.74, 6) is -0.590. The van der Waals surface area contributed by atoms with Crippen molar-refractivity contribution in [2.45, 2.75) is 38.0 Å². The monoisotopic (exact) mass is 236 g/mol. The van der Waals surface area contributed by atoms with Crippen LogP contribution in [0, 0.1) is 0 Å². The third kappa shape index (κ3) is 5.06. The number of hydrogen-bond donors (Lipinski definition) is 0. The van der Waals surface area contributed by atoms with E-state index in [9.17, 15) is 13.6 Å². The lowest BCUT2D eigenvalue weighted by Gasteiger charge is -2.28. The van der Waals surface area contributed by atoms with Crippen LogP contribution in [-0.4, -0.2) is 26.2 Å². The van der Waals surface area contributed by atoms with Gasteiger partial charge in [-0.2, -0.15) is 0 Å². The highest BCUT2D eigenvalue weighted by molar-refractivity contribution is 6.78. The molecule has 0 aliphatic carbocycles. The van der Waals surface area contributed by atoms with Gasteiger partial charge in [0.15, 0.2) is 0 Å². The molecule has 0 saturated carbocycles. The zero-order chi connectivity index (χ0) is 12.1. The average Bonchev–Trinajstić information content (AvgIpc) is 2.09. The maximum absolute atomic E-state index is 13.4. The second kappa shape index (κ2) is 5.39. The molecule has 0 radical (unpaired) electrons. The van der Waals surface area contributed by atoms with Gasteiger partial charge < -0.3 is 4.74 Å². The van der Waals surface area contributed by atoms with E-state index in [-0.39, 0.29) is 13.0 Å². The highest BCUT2D eigenvalue weighted by Crippen LogP contribution is 2.31. The van der Waals surface area contributed by atoms with E-state index in [1.165, 1.54) is 6.08 Å². The van der Waals surface area contributed by atoms with Crippen molar-refractivity contribution in [3.63, 3.8) is 0 Å². The Bertz CT molecular complexity index is 234. The quantitative estimate of drug-likeness (QED) is 0.402. The number of rotatable bonds is 6. The van der Waals surface area contributed by atoms with Gasteiger partial charge in [-0.25, -0.2) is 8.78 Å². The first kappa shape index (κ1) is 14.3. The molecule has 0 aromatic heterocycles. The Morgan fingerprint density at radius 3 is 2.40 bits per heavy atom. The van der Waals surface area contributed by atoms with Crippen LogP contribution in [0.4, 0.5) is 8.78 Å². The predicted octanol–water partition coefficient (Wildman–Crippen LogP) is 3.01. The van der Waals surface area contributed by atoms with Crippen LogP contribution in [0.25, 0.3) is 0 Å². The Balaban J connectivity index is 4.04. The molecule has 0 atom stereocenters. The van der Waals surface area contributed by atoms with Gasteiger partial charge in [0.05, 0.1) is 6.42 Å². The maximum atomic E-state index is 13.4. The molecule has 0 aliphatic rings. The first-order valence-electron chi connectivity index (χ1n) is 4.85. The van der Waals surface area contributed by atoms with Crippen molar-refractivity contribution in [1.82, 2.24) is 0 Å². The Hall–Kier alpha value is -0.713. The number of halogens is 2. The lowest BCUT2D eigenvalue weighted by atomic mass is 10.3. The van der Waals surface area contributed by atoms with Crippen molar-refractivity contribution in [3.05, 3.63) is 12.7 Å². The van der Waals surface area contributed by atoms with Crippen molar-refractivity contribution in [2.24, 2.45) is 0 Å². The van der Waals surface area contributed by atoms with Gasteiger partial charge in [-0.05, 0) is 0 Å². The maximum Gasteiger partial charge on any atom is 0.306 e. The second-order valence-electron chi connectivity index (χ2n) is 4.43. The lowest BCUT2D eigenvalue weighted by molar-refractivity contribution is -0.143. The van der Waals surface area contributed by atoms with E-state index in [0.29, 0.717) is 0 Å². The van der Waals surface area contributed by atoms with Gasteiger partial charge in [-0.15, -0.1) is 0 Å². The number of carbonyl (C=O) groups is 1. The fourth-order valence-corrected chi connectivity index (χ4v) is 1.73. The summed E-state index contributed by atoms with van der Waals surface area (Å²) in [4.78, 5) is 11.0.